The summed E-state index contributed by atoms with van der Waals surface area (Å²) in [6.45, 7) is 8.63. The van der Waals surface area contributed by atoms with Crippen molar-refractivity contribution in [2.24, 2.45) is 0 Å². The Morgan fingerprint density at radius 2 is 1.84 bits per heavy atom. The zero-order valence-electron chi connectivity index (χ0n) is 21.8. The van der Waals surface area contributed by atoms with Crippen molar-refractivity contribution in [3.63, 3.8) is 0 Å². The summed E-state index contributed by atoms with van der Waals surface area (Å²) in [4.78, 5) is 17.8. The molecule has 1 amide bonds. The van der Waals surface area contributed by atoms with E-state index in [2.05, 4.69) is 5.32 Å². The molecule has 4 rings (SSSR count). The largest absolute Gasteiger partial charge is 0.396 e. The second kappa shape index (κ2) is 11.2. The highest BCUT2D eigenvalue weighted by Gasteiger charge is 2.40. The number of aliphatic hydroxyl groups is 1. The van der Waals surface area contributed by atoms with Gasteiger partial charge >= 0.3 is 0 Å². The number of nitrogens with zero attached hydrogens (tertiary/aromatic N) is 2. The van der Waals surface area contributed by atoms with Crippen LogP contribution in [0.3, 0.4) is 0 Å². The predicted octanol–water partition coefficient (Wildman–Crippen LogP) is 5.40. The molecule has 0 spiro atoms. The number of halogens is 1. The molecule has 1 unspecified atom stereocenters. The van der Waals surface area contributed by atoms with Gasteiger partial charge in [0, 0.05) is 30.8 Å². The molecule has 1 aromatic heterocycles. The molecule has 2 atom stereocenters. The second-order valence-electron chi connectivity index (χ2n) is 10.2. The van der Waals surface area contributed by atoms with Crippen LogP contribution in [0.2, 0.25) is 0 Å². The lowest BCUT2D eigenvalue weighted by molar-refractivity contribution is 0.0948. The molecular formula is C29H34FN3O3S. The Kier molecular flexibility index (Phi) is 8.21. The van der Waals surface area contributed by atoms with Crippen molar-refractivity contribution in [3.8, 4) is 22.4 Å². The molecule has 2 aromatic carbocycles. The van der Waals surface area contributed by atoms with Gasteiger partial charge < -0.3 is 10.4 Å². The van der Waals surface area contributed by atoms with Gasteiger partial charge in [0.1, 0.15) is 22.5 Å². The highest BCUT2D eigenvalue weighted by atomic mass is 32.2. The summed E-state index contributed by atoms with van der Waals surface area (Å²) < 4.78 is 28.4. The van der Waals surface area contributed by atoms with E-state index in [1.54, 1.807) is 18.2 Å². The fraction of sp³-hybridized carbons (Fsp3) is 0.379. The third-order valence-corrected chi connectivity index (χ3v) is 8.23. The number of rotatable bonds is 8. The Morgan fingerprint density at radius 1 is 1.14 bits per heavy atom. The molecule has 2 N–H and O–H groups in total. The molecule has 2 heterocycles. The van der Waals surface area contributed by atoms with Gasteiger partial charge in [0.25, 0.3) is 5.91 Å². The van der Waals surface area contributed by atoms with Crippen LogP contribution in [-0.2, 0) is 17.5 Å². The maximum Gasteiger partial charge on any atom is 0.269 e. The van der Waals surface area contributed by atoms with E-state index < -0.39 is 15.7 Å². The van der Waals surface area contributed by atoms with Gasteiger partial charge in [-0.2, -0.15) is 0 Å². The van der Waals surface area contributed by atoms with Gasteiger partial charge in [-0.15, -0.1) is 0 Å². The van der Waals surface area contributed by atoms with E-state index in [1.165, 1.54) is 12.1 Å². The molecule has 0 bridgehead atoms. The summed E-state index contributed by atoms with van der Waals surface area (Å²) in [5, 5.41) is 12.8. The van der Waals surface area contributed by atoms with Crippen LogP contribution in [0.1, 0.15) is 68.2 Å². The van der Waals surface area contributed by atoms with Crippen LogP contribution in [0.4, 0.5) is 4.39 Å². The number of amides is 1. The quantitative estimate of drug-likeness (QED) is 0.414. The minimum Gasteiger partial charge on any atom is -0.396 e. The summed E-state index contributed by atoms with van der Waals surface area (Å²) >= 11 is 0. The molecule has 6 nitrogen and oxygen atoms in total. The fourth-order valence-corrected chi connectivity index (χ4v) is 6.02. The van der Waals surface area contributed by atoms with Crippen LogP contribution in [-0.4, -0.2) is 42.4 Å². The lowest BCUT2D eigenvalue weighted by atomic mass is 9.94. The SMILES string of the molecule is CCCNC(=O)c1cc2c(c(-c3cccc(-c4ccc(F)cc4)c3)n1)[C@H](CCO)N(S(=O)C(C)(C)C)C2. The molecule has 37 heavy (non-hydrogen) atoms. The van der Waals surface area contributed by atoms with E-state index in [1.807, 2.05) is 56.3 Å². The first-order valence-corrected chi connectivity index (χ1v) is 13.7. The summed E-state index contributed by atoms with van der Waals surface area (Å²) in [7, 11) is -1.34. The first-order valence-electron chi connectivity index (χ1n) is 12.6. The third kappa shape index (κ3) is 5.81. The predicted molar refractivity (Wildman–Crippen MR) is 146 cm³/mol. The Balaban J connectivity index is 1.88. The standard InChI is InChI=1S/C29H34FN3O3S/c1-5-14-31-28(35)24-17-22-18-33(37(36)29(2,3)4)25(13-15-34)26(22)27(32-24)21-8-6-7-20(16-21)19-9-11-23(30)12-10-19/h6-12,16-17,25,34H,5,13-15,18H2,1-4H3,(H,31,35)/t25-,37?/m0/s1. The van der Waals surface area contributed by atoms with Crippen molar-refractivity contribution in [1.29, 1.82) is 0 Å². The fourth-order valence-electron chi connectivity index (χ4n) is 4.62. The van der Waals surface area contributed by atoms with E-state index in [0.29, 0.717) is 30.9 Å². The molecule has 1 aliphatic rings. The maximum atomic E-state index is 13.5. The number of carbonyl (C=O) groups is 1. The number of aliphatic hydroxyl groups excluding tert-OH is 1. The summed E-state index contributed by atoms with van der Waals surface area (Å²) in [5.41, 5.74) is 5.26. The highest BCUT2D eigenvalue weighted by molar-refractivity contribution is 7.84. The van der Waals surface area contributed by atoms with E-state index in [0.717, 1.165) is 34.2 Å². The Morgan fingerprint density at radius 3 is 2.49 bits per heavy atom. The highest BCUT2D eigenvalue weighted by Crippen LogP contribution is 2.44. The lowest BCUT2D eigenvalue weighted by Gasteiger charge is -2.30. The molecule has 8 heteroatoms. The van der Waals surface area contributed by atoms with E-state index in [-0.39, 0.29) is 24.4 Å². The Labute approximate surface area is 220 Å². The molecule has 0 saturated heterocycles. The number of aromatic nitrogens is 1. The topological polar surface area (TPSA) is 82.5 Å². The van der Waals surface area contributed by atoms with Crippen molar-refractivity contribution in [2.75, 3.05) is 13.2 Å². The minimum atomic E-state index is -1.34. The van der Waals surface area contributed by atoms with Gasteiger partial charge in [0.2, 0.25) is 0 Å². The summed E-state index contributed by atoms with van der Waals surface area (Å²) in [5.74, 6) is -0.557. The number of pyridine rings is 1. The first kappa shape index (κ1) is 27.1. The van der Waals surface area contributed by atoms with Crippen molar-refractivity contribution in [1.82, 2.24) is 14.6 Å². The van der Waals surface area contributed by atoms with Gasteiger partial charge in [-0.1, -0.05) is 37.3 Å². The summed E-state index contributed by atoms with van der Waals surface area (Å²) in [6, 6.07) is 15.5. The van der Waals surface area contributed by atoms with Crippen LogP contribution >= 0.6 is 0 Å². The first-order chi connectivity index (χ1) is 17.6. The molecule has 196 valence electrons. The van der Waals surface area contributed by atoms with E-state index >= 15 is 0 Å². The van der Waals surface area contributed by atoms with E-state index in [9.17, 15) is 18.5 Å². The molecule has 0 aliphatic carbocycles. The number of hydrogen-bond acceptors (Lipinski definition) is 4. The molecule has 0 saturated carbocycles. The molecule has 1 aliphatic heterocycles. The van der Waals surface area contributed by atoms with Crippen LogP contribution in [0.5, 0.6) is 0 Å². The molecule has 0 radical (unpaired) electrons. The lowest BCUT2D eigenvalue weighted by Crippen LogP contribution is -2.36. The Bertz CT molecular complexity index is 1300. The number of carbonyl (C=O) groups excluding carboxylic acids is 1. The number of benzene rings is 2. The van der Waals surface area contributed by atoms with Crippen molar-refractivity contribution in [2.45, 2.75) is 57.9 Å². The van der Waals surface area contributed by atoms with Crippen molar-refractivity contribution < 1.29 is 18.5 Å². The van der Waals surface area contributed by atoms with Gasteiger partial charge in [0.05, 0.1) is 16.5 Å². The number of hydrogen-bond donors (Lipinski definition) is 2. The Hall–Kier alpha value is -2.94. The van der Waals surface area contributed by atoms with Gasteiger partial charge in [-0.05, 0) is 74.6 Å². The third-order valence-electron chi connectivity index (χ3n) is 6.37. The minimum absolute atomic E-state index is 0.0737. The smallest absolute Gasteiger partial charge is 0.269 e. The monoisotopic (exact) mass is 523 g/mol. The average Bonchev–Trinajstić information content (AvgIpc) is 3.24. The maximum absolute atomic E-state index is 13.5. The molecular weight excluding hydrogens is 489 g/mol. The van der Waals surface area contributed by atoms with Gasteiger partial charge in [-0.25, -0.2) is 17.9 Å². The van der Waals surface area contributed by atoms with Crippen LogP contribution in [0.15, 0.2) is 54.6 Å². The van der Waals surface area contributed by atoms with Crippen LogP contribution < -0.4 is 5.32 Å². The average molecular weight is 524 g/mol. The zero-order valence-corrected chi connectivity index (χ0v) is 22.6. The second-order valence-corrected chi connectivity index (χ2v) is 12.4. The van der Waals surface area contributed by atoms with Crippen molar-refractivity contribution in [3.05, 3.63) is 77.2 Å². The number of fused-ring (bicyclic) bond motifs is 1. The van der Waals surface area contributed by atoms with Gasteiger partial charge in [0.15, 0.2) is 0 Å². The summed E-state index contributed by atoms with van der Waals surface area (Å²) in [6.07, 6.45) is 1.20. The number of nitrogens with one attached hydrogen (secondary N) is 1. The normalized spacial score (nSPS) is 16.4. The van der Waals surface area contributed by atoms with Crippen LogP contribution in [0, 0.1) is 5.82 Å². The molecule has 0 fully saturated rings. The van der Waals surface area contributed by atoms with Crippen molar-refractivity contribution >= 4 is 16.9 Å². The van der Waals surface area contributed by atoms with E-state index in [4.69, 9.17) is 4.98 Å². The molecule has 3 aromatic rings. The van der Waals surface area contributed by atoms with Crippen LogP contribution in [0.25, 0.3) is 22.4 Å². The zero-order chi connectivity index (χ0) is 26.7. The van der Waals surface area contributed by atoms with Gasteiger partial charge in [-0.3, -0.25) is 4.79 Å².